The SMILES string of the molecule is CCOC(=O)C(OC)=C(C=Cc1ccccc1)OC. The summed E-state index contributed by atoms with van der Waals surface area (Å²) in [5.74, 6) is -0.166. The monoisotopic (exact) mass is 262 g/mol. The zero-order valence-electron chi connectivity index (χ0n) is 11.4. The number of allylic oxidation sites excluding steroid dienone is 1. The second-order valence-electron chi connectivity index (χ2n) is 3.57. The molecule has 4 heteroatoms. The Morgan fingerprint density at radius 1 is 1.16 bits per heavy atom. The first-order valence-corrected chi connectivity index (χ1v) is 5.95. The van der Waals surface area contributed by atoms with Crippen molar-refractivity contribution in [1.82, 2.24) is 0 Å². The molecule has 1 aromatic rings. The van der Waals surface area contributed by atoms with Crippen LogP contribution in [-0.4, -0.2) is 26.8 Å². The summed E-state index contributed by atoms with van der Waals surface area (Å²) >= 11 is 0. The summed E-state index contributed by atoms with van der Waals surface area (Å²) in [5, 5.41) is 0. The molecule has 0 saturated heterocycles. The molecule has 102 valence electrons. The number of esters is 1. The number of methoxy groups -OCH3 is 2. The minimum Gasteiger partial charge on any atom is -0.493 e. The van der Waals surface area contributed by atoms with Gasteiger partial charge in [-0.05, 0) is 18.6 Å². The van der Waals surface area contributed by atoms with Crippen molar-refractivity contribution in [2.45, 2.75) is 6.92 Å². The molecule has 1 aromatic carbocycles. The summed E-state index contributed by atoms with van der Waals surface area (Å²) in [6, 6.07) is 9.68. The maximum Gasteiger partial charge on any atom is 0.377 e. The van der Waals surface area contributed by atoms with Crippen LogP contribution in [0, 0.1) is 0 Å². The van der Waals surface area contributed by atoms with Gasteiger partial charge in [0.15, 0.2) is 5.76 Å². The predicted octanol–water partition coefficient (Wildman–Crippen LogP) is 2.77. The van der Waals surface area contributed by atoms with Gasteiger partial charge in [0, 0.05) is 0 Å². The third kappa shape index (κ3) is 4.50. The van der Waals surface area contributed by atoms with Crippen LogP contribution in [0.15, 0.2) is 47.9 Å². The van der Waals surface area contributed by atoms with E-state index in [0.29, 0.717) is 5.76 Å². The van der Waals surface area contributed by atoms with Gasteiger partial charge in [-0.2, -0.15) is 0 Å². The van der Waals surface area contributed by atoms with Crippen molar-refractivity contribution in [2.24, 2.45) is 0 Å². The highest BCUT2D eigenvalue weighted by atomic mass is 16.6. The molecule has 0 heterocycles. The standard InChI is InChI=1S/C15H18O4/c1-4-19-15(16)14(18-3)13(17-2)11-10-12-8-6-5-7-9-12/h5-11H,4H2,1-3H3. The Morgan fingerprint density at radius 2 is 1.84 bits per heavy atom. The van der Waals surface area contributed by atoms with Crippen LogP contribution in [0.1, 0.15) is 12.5 Å². The molecule has 0 aliphatic rings. The van der Waals surface area contributed by atoms with Gasteiger partial charge < -0.3 is 14.2 Å². The molecule has 0 bridgehead atoms. The fraction of sp³-hybridized carbons (Fsp3) is 0.267. The minimum absolute atomic E-state index is 0.0523. The first-order valence-electron chi connectivity index (χ1n) is 5.95. The number of benzene rings is 1. The first kappa shape index (κ1) is 14.8. The minimum atomic E-state index is -0.542. The van der Waals surface area contributed by atoms with Gasteiger partial charge in [-0.1, -0.05) is 36.4 Å². The van der Waals surface area contributed by atoms with Crippen molar-refractivity contribution < 1.29 is 19.0 Å². The summed E-state index contributed by atoms with van der Waals surface area (Å²) in [6.07, 6.45) is 3.50. The summed E-state index contributed by atoms with van der Waals surface area (Å²) in [6.45, 7) is 2.02. The second kappa shape index (κ2) is 7.97. The van der Waals surface area contributed by atoms with E-state index in [-0.39, 0.29) is 12.4 Å². The van der Waals surface area contributed by atoms with E-state index in [1.165, 1.54) is 14.2 Å². The molecule has 0 saturated carbocycles. The number of carbonyl (C=O) groups is 1. The van der Waals surface area contributed by atoms with Crippen molar-refractivity contribution in [1.29, 1.82) is 0 Å². The van der Waals surface area contributed by atoms with Crippen LogP contribution in [0.2, 0.25) is 0 Å². The molecule has 4 nitrogen and oxygen atoms in total. The Labute approximate surface area is 113 Å². The average Bonchev–Trinajstić information content (AvgIpc) is 2.44. The molecule has 0 N–H and O–H groups in total. The van der Waals surface area contributed by atoms with Gasteiger partial charge in [0.1, 0.15) is 0 Å². The first-order chi connectivity index (χ1) is 9.22. The van der Waals surface area contributed by atoms with Gasteiger partial charge in [-0.25, -0.2) is 4.79 Å². The molecule has 1 rings (SSSR count). The normalized spacial score (nSPS) is 11.9. The van der Waals surface area contributed by atoms with Gasteiger partial charge in [-0.15, -0.1) is 0 Å². The second-order valence-corrected chi connectivity index (χ2v) is 3.57. The molecule has 0 aliphatic carbocycles. The van der Waals surface area contributed by atoms with Gasteiger partial charge in [0.25, 0.3) is 0 Å². The summed E-state index contributed by atoms with van der Waals surface area (Å²) < 4.78 is 15.1. The van der Waals surface area contributed by atoms with E-state index in [4.69, 9.17) is 14.2 Å². The quantitative estimate of drug-likeness (QED) is 0.342. The maximum atomic E-state index is 11.7. The largest absolute Gasteiger partial charge is 0.493 e. The number of hydrogen-bond acceptors (Lipinski definition) is 4. The molecule has 0 spiro atoms. The molecular weight excluding hydrogens is 244 g/mol. The molecule has 0 aliphatic heterocycles. The highest BCUT2D eigenvalue weighted by Crippen LogP contribution is 2.12. The highest BCUT2D eigenvalue weighted by molar-refractivity contribution is 5.87. The van der Waals surface area contributed by atoms with E-state index in [9.17, 15) is 4.79 Å². The lowest BCUT2D eigenvalue weighted by Crippen LogP contribution is -2.12. The fourth-order valence-electron chi connectivity index (χ4n) is 1.45. The van der Waals surface area contributed by atoms with Crippen LogP contribution >= 0.6 is 0 Å². The fourth-order valence-corrected chi connectivity index (χ4v) is 1.45. The van der Waals surface area contributed by atoms with Gasteiger partial charge in [0.2, 0.25) is 5.76 Å². The Bertz CT molecular complexity index is 460. The average molecular weight is 262 g/mol. The Hall–Kier alpha value is -2.23. The van der Waals surface area contributed by atoms with Gasteiger partial charge in [0.05, 0.1) is 20.8 Å². The van der Waals surface area contributed by atoms with E-state index in [0.717, 1.165) is 5.56 Å². The van der Waals surface area contributed by atoms with Crippen molar-refractivity contribution in [3.05, 3.63) is 53.5 Å². The molecular formula is C15H18O4. The Balaban J connectivity index is 2.97. The van der Waals surface area contributed by atoms with Crippen LogP contribution in [0.3, 0.4) is 0 Å². The summed E-state index contributed by atoms with van der Waals surface area (Å²) in [4.78, 5) is 11.7. The van der Waals surface area contributed by atoms with Gasteiger partial charge in [-0.3, -0.25) is 0 Å². The van der Waals surface area contributed by atoms with Crippen molar-refractivity contribution in [3.63, 3.8) is 0 Å². The van der Waals surface area contributed by atoms with Crippen molar-refractivity contribution in [2.75, 3.05) is 20.8 Å². The summed E-state index contributed by atoms with van der Waals surface area (Å²) in [5.41, 5.74) is 0.997. The lowest BCUT2D eigenvalue weighted by Gasteiger charge is -2.09. The van der Waals surface area contributed by atoms with Crippen LogP contribution in [0.4, 0.5) is 0 Å². The van der Waals surface area contributed by atoms with Crippen molar-refractivity contribution in [3.8, 4) is 0 Å². The molecule has 19 heavy (non-hydrogen) atoms. The number of ether oxygens (including phenoxy) is 3. The number of hydrogen-bond donors (Lipinski definition) is 0. The van der Waals surface area contributed by atoms with Crippen molar-refractivity contribution >= 4 is 12.0 Å². The number of carbonyl (C=O) groups excluding carboxylic acids is 1. The molecule has 0 radical (unpaired) electrons. The van der Waals surface area contributed by atoms with Crippen LogP contribution in [-0.2, 0) is 19.0 Å². The molecule has 0 unspecified atom stereocenters. The van der Waals surface area contributed by atoms with Gasteiger partial charge >= 0.3 is 5.97 Å². The zero-order chi connectivity index (χ0) is 14.1. The Kier molecular flexibility index (Phi) is 6.22. The van der Waals surface area contributed by atoms with E-state index < -0.39 is 5.97 Å². The molecule has 0 amide bonds. The predicted molar refractivity (Wildman–Crippen MR) is 73.2 cm³/mol. The lowest BCUT2D eigenvalue weighted by atomic mass is 10.2. The molecule has 0 aromatic heterocycles. The van der Waals surface area contributed by atoms with E-state index in [1.54, 1.807) is 13.0 Å². The number of rotatable bonds is 6. The third-order valence-electron chi connectivity index (χ3n) is 2.34. The van der Waals surface area contributed by atoms with E-state index in [2.05, 4.69) is 0 Å². The summed E-state index contributed by atoms with van der Waals surface area (Å²) in [7, 11) is 2.88. The highest BCUT2D eigenvalue weighted by Gasteiger charge is 2.16. The molecule has 0 atom stereocenters. The molecule has 0 fully saturated rings. The van der Waals surface area contributed by atoms with Crippen LogP contribution in [0.25, 0.3) is 6.08 Å². The Morgan fingerprint density at radius 3 is 2.37 bits per heavy atom. The zero-order valence-corrected chi connectivity index (χ0v) is 11.4. The van der Waals surface area contributed by atoms with Crippen LogP contribution in [0.5, 0.6) is 0 Å². The topological polar surface area (TPSA) is 44.8 Å². The maximum absolute atomic E-state index is 11.7. The lowest BCUT2D eigenvalue weighted by molar-refractivity contribution is -0.142. The van der Waals surface area contributed by atoms with E-state index in [1.807, 2.05) is 36.4 Å². The third-order valence-corrected chi connectivity index (χ3v) is 2.34. The van der Waals surface area contributed by atoms with E-state index >= 15 is 0 Å². The van der Waals surface area contributed by atoms with Crippen LogP contribution < -0.4 is 0 Å². The smallest absolute Gasteiger partial charge is 0.377 e.